The first kappa shape index (κ1) is 17.8. The minimum Gasteiger partial charge on any atom is -0.459 e. The lowest BCUT2D eigenvalue weighted by Gasteiger charge is -2.08. The lowest BCUT2D eigenvalue weighted by molar-refractivity contribution is 0.0996. The molecule has 146 valence electrons. The molecular weight excluding hydrogens is 380 g/mol. The standard InChI is InChI=1S/C23H16N4O3/c28-22-18-12-16(25-23(29)21-6-3-9-30-21)7-8-17(18)20(26-27-22)11-14-10-15-4-1-2-5-19(15)24-13-14/h1-10,12-13H,11H2,(H,25,29)(H,27,28). The second kappa shape index (κ2) is 7.29. The predicted octanol–water partition coefficient (Wildman–Crippen LogP) is 3.91. The fraction of sp³-hybridized carbons (Fsp3) is 0.0435. The highest BCUT2D eigenvalue weighted by atomic mass is 16.3. The molecule has 5 rings (SSSR count). The Morgan fingerprint density at radius 1 is 1.03 bits per heavy atom. The second-order valence-corrected chi connectivity index (χ2v) is 6.90. The molecule has 30 heavy (non-hydrogen) atoms. The van der Waals surface area contributed by atoms with Gasteiger partial charge in [-0.3, -0.25) is 14.6 Å². The molecule has 3 heterocycles. The number of pyridine rings is 1. The van der Waals surface area contributed by atoms with Gasteiger partial charge in [0.15, 0.2) is 5.76 Å². The third-order valence-electron chi connectivity index (χ3n) is 4.89. The van der Waals surface area contributed by atoms with Crippen LogP contribution in [-0.4, -0.2) is 21.1 Å². The summed E-state index contributed by atoms with van der Waals surface area (Å²) in [4.78, 5) is 29.1. The number of aromatic amines is 1. The van der Waals surface area contributed by atoms with Crippen molar-refractivity contribution in [2.24, 2.45) is 0 Å². The molecule has 7 nitrogen and oxygen atoms in total. The summed E-state index contributed by atoms with van der Waals surface area (Å²) in [5, 5.41) is 11.8. The van der Waals surface area contributed by atoms with E-state index in [0.717, 1.165) is 27.5 Å². The number of benzene rings is 2. The van der Waals surface area contributed by atoms with Crippen molar-refractivity contribution in [3.63, 3.8) is 0 Å². The van der Waals surface area contributed by atoms with E-state index in [1.807, 2.05) is 30.5 Å². The van der Waals surface area contributed by atoms with Gasteiger partial charge in [-0.25, -0.2) is 5.10 Å². The molecule has 0 bridgehead atoms. The van der Waals surface area contributed by atoms with Crippen LogP contribution in [0.5, 0.6) is 0 Å². The van der Waals surface area contributed by atoms with Gasteiger partial charge in [0.05, 0.1) is 22.9 Å². The quantitative estimate of drug-likeness (QED) is 0.480. The van der Waals surface area contributed by atoms with Crippen LogP contribution in [0.3, 0.4) is 0 Å². The topological polar surface area (TPSA) is 101 Å². The zero-order valence-corrected chi connectivity index (χ0v) is 15.8. The average molecular weight is 396 g/mol. The molecule has 0 fully saturated rings. The smallest absolute Gasteiger partial charge is 0.291 e. The largest absolute Gasteiger partial charge is 0.459 e. The lowest BCUT2D eigenvalue weighted by atomic mass is 10.0. The summed E-state index contributed by atoms with van der Waals surface area (Å²) < 4.78 is 5.10. The van der Waals surface area contributed by atoms with Gasteiger partial charge in [-0.05, 0) is 42.0 Å². The Kier molecular flexibility index (Phi) is 4.33. The van der Waals surface area contributed by atoms with Crippen molar-refractivity contribution in [2.75, 3.05) is 5.32 Å². The number of rotatable bonds is 4. The van der Waals surface area contributed by atoms with E-state index in [-0.39, 0.29) is 17.2 Å². The normalized spacial score (nSPS) is 11.1. The number of hydrogen-bond acceptors (Lipinski definition) is 5. The van der Waals surface area contributed by atoms with E-state index in [2.05, 4.69) is 26.6 Å². The van der Waals surface area contributed by atoms with Crippen LogP contribution in [0.15, 0.2) is 82.3 Å². The first-order valence-electron chi connectivity index (χ1n) is 9.37. The molecule has 0 radical (unpaired) electrons. The number of amides is 1. The summed E-state index contributed by atoms with van der Waals surface area (Å²) in [5.74, 6) is -0.185. The van der Waals surface area contributed by atoms with Gasteiger partial charge in [-0.2, -0.15) is 5.10 Å². The van der Waals surface area contributed by atoms with E-state index in [1.165, 1.54) is 6.26 Å². The number of aromatic nitrogens is 3. The molecule has 5 aromatic rings. The molecule has 0 unspecified atom stereocenters. The van der Waals surface area contributed by atoms with Crippen molar-refractivity contribution in [1.82, 2.24) is 15.2 Å². The Bertz CT molecular complexity index is 1440. The average Bonchev–Trinajstić information content (AvgIpc) is 3.31. The van der Waals surface area contributed by atoms with Crippen molar-refractivity contribution < 1.29 is 9.21 Å². The summed E-state index contributed by atoms with van der Waals surface area (Å²) >= 11 is 0. The molecule has 3 aromatic heterocycles. The van der Waals surface area contributed by atoms with E-state index < -0.39 is 0 Å². The van der Waals surface area contributed by atoms with Crippen LogP contribution in [0, 0.1) is 0 Å². The maximum Gasteiger partial charge on any atom is 0.291 e. The van der Waals surface area contributed by atoms with Crippen LogP contribution >= 0.6 is 0 Å². The Morgan fingerprint density at radius 2 is 1.93 bits per heavy atom. The number of nitrogens with one attached hydrogen (secondary N) is 2. The minimum atomic E-state index is -0.382. The molecule has 0 saturated carbocycles. The molecule has 0 aliphatic carbocycles. The number of furan rings is 1. The Hall–Kier alpha value is -4.26. The molecule has 0 spiro atoms. The molecule has 0 aliphatic heterocycles. The van der Waals surface area contributed by atoms with Gasteiger partial charge in [0, 0.05) is 29.1 Å². The molecule has 1 amide bonds. The van der Waals surface area contributed by atoms with Crippen molar-refractivity contribution in [3.8, 4) is 0 Å². The number of carbonyl (C=O) groups excluding carboxylic acids is 1. The fourth-order valence-corrected chi connectivity index (χ4v) is 3.44. The number of para-hydroxylation sites is 1. The van der Waals surface area contributed by atoms with E-state index in [9.17, 15) is 9.59 Å². The Labute approximate surface area is 170 Å². The van der Waals surface area contributed by atoms with Crippen LogP contribution < -0.4 is 10.9 Å². The molecule has 0 saturated heterocycles. The number of nitrogens with zero attached hydrogens (tertiary/aromatic N) is 2. The molecular formula is C23H16N4O3. The second-order valence-electron chi connectivity index (χ2n) is 6.90. The van der Waals surface area contributed by atoms with Crippen molar-refractivity contribution >= 4 is 33.3 Å². The monoisotopic (exact) mass is 396 g/mol. The third kappa shape index (κ3) is 3.33. The van der Waals surface area contributed by atoms with Crippen LogP contribution in [0.25, 0.3) is 21.7 Å². The van der Waals surface area contributed by atoms with Crippen molar-refractivity contribution in [2.45, 2.75) is 6.42 Å². The summed E-state index contributed by atoms with van der Waals surface area (Å²) in [6.07, 6.45) is 3.77. The Morgan fingerprint density at radius 3 is 2.80 bits per heavy atom. The molecule has 2 N–H and O–H groups in total. The van der Waals surface area contributed by atoms with E-state index in [4.69, 9.17) is 4.42 Å². The fourth-order valence-electron chi connectivity index (χ4n) is 3.44. The summed E-state index contributed by atoms with van der Waals surface area (Å²) in [6, 6.07) is 18.4. The van der Waals surface area contributed by atoms with Gasteiger partial charge < -0.3 is 9.73 Å². The van der Waals surface area contributed by atoms with Gasteiger partial charge in [0.25, 0.3) is 11.5 Å². The Balaban J connectivity index is 1.49. The molecule has 2 aromatic carbocycles. The number of hydrogen-bond donors (Lipinski definition) is 2. The zero-order chi connectivity index (χ0) is 20.5. The van der Waals surface area contributed by atoms with Crippen molar-refractivity contribution in [1.29, 1.82) is 0 Å². The predicted molar refractivity (Wildman–Crippen MR) is 114 cm³/mol. The van der Waals surface area contributed by atoms with Gasteiger partial charge in [-0.1, -0.05) is 24.3 Å². The number of H-pyrrole nitrogens is 1. The van der Waals surface area contributed by atoms with Gasteiger partial charge in [0.2, 0.25) is 0 Å². The van der Waals surface area contributed by atoms with Gasteiger partial charge in [0.1, 0.15) is 0 Å². The molecule has 0 aliphatic rings. The minimum absolute atomic E-state index is 0.197. The maximum absolute atomic E-state index is 12.4. The molecule has 7 heteroatoms. The van der Waals surface area contributed by atoms with Crippen molar-refractivity contribution in [3.05, 3.63) is 100 Å². The summed E-state index contributed by atoms with van der Waals surface area (Å²) in [6.45, 7) is 0. The van der Waals surface area contributed by atoms with Gasteiger partial charge >= 0.3 is 0 Å². The van der Waals surface area contributed by atoms with Crippen LogP contribution in [0.4, 0.5) is 5.69 Å². The zero-order valence-electron chi connectivity index (χ0n) is 15.8. The third-order valence-corrected chi connectivity index (χ3v) is 4.89. The first-order chi connectivity index (χ1) is 14.7. The first-order valence-corrected chi connectivity index (χ1v) is 9.37. The SMILES string of the molecule is O=C(Nc1ccc2c(Cc3cnc4ccccc4c3)n[nH]c(=O)c2c1)c1ccco1. The summed E-state index contributed by atoms with van der Waals surface area (Å²) in [7, 11) is 0. The highest BCUT2D eigenvalue weighted by Gasteiger charge is 2.12. The maximum atomic E-state index is 12.4. The number of anilines is 1. The van der Waals surface area contributed by atoms with Gasteiger partial charge in [-0.15, -0.1) is 0 Å². The number of carbonyl (C=O) groups is 1. The van der Waals surface area contributed by atoms with E-state index in [0.29, 0.717) is 17.5 Å². The highest BCUT2D eigenvalue weighted by Crippen LogP contribution is 2.22. The highest BCUT2D eigenvalue weighted by molar-refractivity contribution is 6.03. The number of fused-ring (bicyclic) bond motifs is 2. The van der Waals surface area contributed by atoms with Crippen LogP contribution in [0.1, 0.15) is 21.8 Å². The van der Waals surface area contributed by atoms with Crippen LogP contribution in [0.2, 0.25) is 0 Å². The van der Waals surface area contributed by atoms with Crippen LogP contribution in [-0.2, 0) is 6.42 Å². The van der Waals surface area contributed by atoms with E-state index >= 15 is 0 Å². The van der Waals surface area contributed by atoms with E-state index in [1.54, 1.807) is 30.3 Å². The lowest BCUT2D eigenvalue weighted by Crippen LogP contribution is -2.14. The summed E-state index contributed by atoms with van der Waals surface area (Å²) in [5.41, 5.74) is 2.83. The molecule has 0 atom stereocenters.